The highest BCUT2D eigenvalue weighted by atomic mass is 16.1. The van der Waals surface area contributed by atoms with Gasteiger partial charge in [-0.1, -0.05) is 6.07 Å². The third-order valence-corrected chi connectivity index (χ3v) is 1.81. The van der Waals surface area contributed by atoms with Crippen LogP contribution in [-0.4, -0.2) is 25.5 Å². The minimum absolute atomic E-state index is 0.217. The van der Waals surface area contributed by atoms with Gasteiger partial charge in [0.2, 0.25) is 11.6 Å². The number of aryl methyl sites for hydroxylation is 1. The predicted octanol–water partition coefficient (Wildman–Crippen LogP) is 0.441. The van der Waals surface area contributed by atoms with Crippen LogP contribution in [0.3, 0.4) is 0 Å². The molecule has 0 N–H and O–H groups in total. The van der Waals surface area contributed by atoms with E-state index in [1.54, 1.807) is 36.0 Å². The summed E-state index contributed by atoms with van der Waals surface area (Å²) in [4.78, 5) is 15.7. The van der Waals surface area contributed by atoms with Crippen molar-refractivity contribution in [1.82, 2.24) is 19.7 Å². The predicted molar refractivity (Wildman–Crippen MR) is 48.7 cm³/mol. The van der Waals surface area contributed by atoms with Crippen molar-refractivity contribution in [3.63, 3.8) is 0 Å². The van der Waals surface area contributed by atoms with Gasteiger partial charge in [-0.15, -0.1) is 10.2 Å². The van der Waals surface area contributed by atoms with Crippen LogP contribution in [0.15, 0.2) is 30.7 Å². The Morgan fingerprint density at radius 1 is 1.43 bits per heavy atom. The van der Waals surface area contributed by atoms with Gasteiger partial charge in [-0.25, -0.2) is 0 Å². The van der Waals surface area contributed by atoms with Gasteiger partial charge in [-0.05, 0) is 12.1 Å². The number of rotatable bonds is 2. The third-order valence-electron chi connectivity index (χ3n) is 1.81. The van der Waals surface area contributed by atoms with Crippen LogP contribution in [-0.2, 0) is 7.05 Å². The lowest BCUT2D eigenvalue weighted by molar-refractivity contribution is 0.102. The highest BCUT2D eigenvalue weighted by Gasteiger charge is 2.14. The Kier molecular flexibility index (Phi) is 2.06. The molecule has 0 aliphatic carbocycles. The van der Waals surface area contributed by atoms with Crippen molar-refractivity contribution in [2.45, 2.75) is 0 Å². The molecule has 0 bridgehead atoms. The van der Waals surface area contributed by atoms with E-state index in [-0.39, 0.29) is 5.78 Å². The summed E-state index contributed by atoms with van der Waals surface area (Å²) < 4.78 is 1.57. The van der Waals surface area contributed by atoms with Gasteiger partial charge in [-0.2, -0.15) is 0 Å². The lowest BCUT2D eigenvalue weighted by atomic mass is 10.2. The second-order valence-electron chi connectivity index (χ2n) is 2.81. The van der Waals surface area contributed by atoms with Crippen molar-refractivity contribution >= 4 is 5.78 Å². The van der Waals surface area contributed by atoms with Crippen molar-refractivity contribution in [2.75, 3.05) is 0 Å². The monoisotopic (exact) mass is 188 g/mol. The number of aromatic nitrogens is 4. The lowest BCUT2D eigenvalue weighted by Crippen LogP contribution is -2.09. The molecule has 0 fully saturated rings. The maximum atomic E-state index is 11.7. The van der Waals surface area contributed by atoms with E-state index in [0.717, 1.165) is 0 Å². The molecule has 0 aliphatic rings. The number of pyridine rings is 1. The zero-order chi connectivity index (χ0) is 9.97. The number of carbonyl (C=O) groups is 1. The molecule has 70 valence electrons. The zero-order valence-electron chi connectivity index (χ0n) is 7.58. The number of hydrogen-bond acceptors (Lipinski definition) is 4. The summed E-state index contributed by atoms with van der Waals surface area (Å²) in [6, 6.07) is 5.17. The van der Waals surface area contributed by atoms with Gasteiger partial charge in [0.05, 0.1) is 0 Å². The first-order valence-corrected chi connectivity index (χ1v) is 4.09. The molecular weight excluding hydrogens is 180 g/mol. The first-order chi connectivity index (χ1) is 6.79. The van der Waals surface area contributed by atoms with E-state index < -0.39 is 0 Å². The number of hydrogen-bond donors (Lipinski definition) is 0. The fourth-order valence-corrected chi connectivity index (χ4v) is 1.10. The average molecular weight is 188 g/mol. The van der Waals surface area contributed by atoms with Gasteiger partial charge >= 0.3 is 0 Å². The standard InChI is InChI=1S/C9H8N4O/c1-13-6-11-12-9(13)8(14)7-4-2-3-5-10-7/h2-6H,1H3. The minimum atomic E-state index is -0.217. The van der Waals surface area contributed by atoms with Crippen LogP contribution in [0.5, 0.6) is 0 Å². The molecule has 2 aromatic rings. The molecule has 2 rings (SSSR count). The van der Waals surface area contributed by atoms with E-state index in [0.29, 0.717) is 11.5 Å². The van der Waals surface area contributed by atoms with Crippen LogP contribution < -0.4 is 0 Å². The Morgan fingerprint density at radius 3 is 2.86 bits per heavy atom. The van der Waals surface area contributed by atoms with Crippen molar-refractivity contribution in [2.24, 2.45) is 7.05 Å². The van der Waals surface area contributed by atoms with E-state index in [1.165, 1.54) is 6.33 Å². The van der Waals surface area contributed by atoms with Crippen LogP contribution in [0.4, 0.5) is 0 Å². The molecule has 2 heterocycles. The molecular formula is C9H8N4O. The van der Waals surface area contributed by atoms with Gasteiger partial charge in [0, 0.05) is 13.2 Å². The average Bonchev–Trinajstić information content (AvgIpc) is 2.65. The van der Waals surface area contributed by atoms with Gasteiger partial charge in [0.25, 0.3) is 0 Å². The number of ketones is 1. The van der Waals surface area contributed by atoms with E-state index in [1.807, 2.05) is 0 Å². The number of carbonyl (C=O) groups excluding carboxylic acids is 1. The summed E-state index contributed by atoms with van der Waals surface area (Å²) in [5, 5.41) is 7.35. The molecule has 0 radical (unpaired) electrons. The van der Waals surface area contributed by atoms with Crippen molar-refractivity contribution < 1.29 is 4.79 Å². The maximum absolute atomic E-state index is 11.7. The Morgan fingerprint density at radius 2 is 2.29 bits per heavy atom. The molecule has 0 atom stereocenters. The summed E-state index contributed by atoms with van der Waals surface area (Å²) in [6.45, 7) is 0. The summed E-state index contributed by atoms with van der Waals surface area (Å²) in [6.07, 6.45) is 3.06. The van der Waals surface area contributed by atoms with Crippen molar-refractivity contribution in [1.29, 1.82) is 0 Å². The first kappa shape index (κ1) is 8.55. The fourth-order valence-electron chi connectivity index (χ4n) is 1.10. The molecule has 0 amide bonds. The third kappa shape index (κ3) is 1.39. The molecule has 5 nitrogen and oxygen atoms in total. The quantitative estimate of drug-likeness (QED) is 0.641. The summed E-state index contributed by atoms with van der Waals surface area (Å²) >= 11 is 0. The molecule has 0 unspecified atom stereocenters. The fraction of sp³-hybridized carbons (Fsp3) is 0.111. The molecule has 0 saturated heterocycles. The van der Waals surface area contributed by atoms with Crippen LogP contribution >= 0.6 is 0 Å². The molecule has 2 aromatic heterocycles. The molecule has 5 heteroatoms. The van der Waals surface area contributed by atoms with Crippen LogP contribution in [0.1, 0.15) is 16.3 Å². The summed E-state index contributed by atoms with van der Waals surface area (Å²) in [5.41, 5.74) is 0.378. The maximum Gasteiger partial charge on any atom is 0.248 e. The molecule has 14 heavy (non-hydrogen) atoms. The molecule has 0 aliphatic heterocycles. The van der Waals surface area contributed by atoms with Crippen LogP contribution in [0, 0.1) is 0 Å². The SMILES string of the molecule is Cn1cnnc1C(=O)c1ccccn1. The van der Waals surface area contributed by atoms with Crippen molar-refractivity contribution in [3.8, 4) is 0 Å². The summed E-state index contributed by atoms with van der Waals surface area (Å²) in [5.74, 6) is 0.0781. The van der Waals surface area contributed by atoms with E-state index >= 15 is 0 Å². The van der Waals surface area contributed by atoms with Gasteiger partial charge in [-0.3, -0.25) is 9.78 Å². The largest absolute Gasteiger partial charge is 0.314 e. The summed E-state index contributed by atoms with van der Waals surface area (Å²) in [7, 11) is 1.72. The minimum Gasteiger partial charge on any atom is -0.314 e. The van der Waals surface area contributed by atoms with Gasteiger partial charge in [0.15, 0.2) is 0 Å². The first-order valence-electron chi connectivity index (χ1n) is 4.09. The highest BCUT2D eigenvalue weighted by Crippen LogP contribution is 2.02. The Bertz CT molecular complexity index is 449. The van der Waals surface area contributed by atoms with E-state index in [9.17, 15) is 4.79 Å². The van der Waals surface area contributed by atoms with Crippen molar-refractivity contribution in [3.05, 3.63) is 42.2 Å². The molecule has 0 saturated carbocycles. The van der Waals surface area contributed by atoms with Gasteiger partial charge in [0.1, 0.15) is 12.0 Å². The van der Waals surface area contributed by atoms with Crippen LogP contribution in [0.25, 0.3) is 0 Å². The Balaban J connectivity index is 2.39. The Hall–Kier alpha value is -2.04. The number of nitrogens with zero attached hydrogens (tertiary/aromatic N) is 4. The van der Waals surface area contributed by atoms with Gasteiger partial charge < -0.3 is 4.57 Å². The molecule has 0 spiro atoms. The molecule has 0 aromatic carbocycles. The van der Waals surface area contributed by atoms with Crippen LogP contribution in [0.2, 0.25) is 0 Å². The van der Waals surface area contributed by atoms with E-state index in [2.05, 4.69) is 15.2 Å². The Labute approximate surface area is 80.4 Å². The lowest BCUT2D eigenvalue weighted by Gasteiger charge is -1.97. The second kappa shape index (κ2) is 3.37. The zero-order valence-corrected chi connectivity index (χ0v) is 7.58. The topological polar surface area (TPSA) is 60.7 Å². The second-order valence-corrected chi connectivity index (χ2v) is 2.81. The highest BCUT2D eigenvalue weighted by molar-refractivity contribution is 6.05. The normalized spacial score (nSPS) is 10.1. The van der Waals surface area contributed by atoms with E-state index in [4.69, 9.17) is 0 Å². The smallest absolute Gasteiger partial charge is 0.248 e.